The van der Waals surface area contributed by atoms with Gasteiger partial charge in [0.25, 0.3) is 0 Å². The molecule has 4 heteroatoms. The minimum absolute atomic E-state index is 0.0381. The van der Waals surface area contributed by atoms with Crippen molar-refractivity contribution in [1.29, 1.82) is 0 Å². The van der Waals surface area contributed by atoms with Gasteiger partial charge in [0, 0.05) is 9.13 Å². The van der Waals surface area contributed by atoms with Crippen LogP contribution in [0.1, 0.15) is 32.8 Å². The topological polar surface area (TPSA) is 0 Å². The van der Waals surface area contributed by atoms with Crippen LogP contribution in [-0.4, -0.2) is 11.5 Å². The van der Waals surface area contributed by atoms with Crippen LogP contribution in [0.4, 0.5) is 4.39 Å². The highest BCUT2D eigenvalue weighted by molar-refractivity contribution is 14.1. The number of thioether (sulfide) groups is 2. The third kappa shape index (κ3) is 2.70. The van der Waals surface area contributed by atoms with Crippen LogP contribution in [0.15, 0.2) is 18.2 Å². The molecule has 0 amide bonds. The Morgan fingerprint density at radius 1 is 1.22 bits per heavy atom. The highest BCUT2D eigenvalue weighted by Crippen LogP contribution is 2.60. The third-order valence-electron chi connectivity index (χ3n) is 3.17. The first-order valence-electron chi connectivity index (χ1n) is 6.10. The van der Waals surface area contributed by atoms with E-state index in [4.69, 9.17) is 0 Å². The van der Waals surface area contributed by atoms with Gasteiger partial charge in [-0.05, 0) is 58.1 Å². The summed E-state index contributed by atoms with van der Waals surface area (Å²) >= 11 is 5.99. The molecule has 0 saturated carbocycles. The Morgan fingerprint density at radius 3 is 2.33 bits per heavy atom. The van der Waals surface area contributed by atoms with Crippen LogP contribution in [-0.2, 0) is 4.08 Å². The average molecular weight is 396 g/mol. The van der Waals surface area contributed by atoms with E-state index in [-0.39, 0.29) is 15.3 Å². The monoisotopic (exact) mass is 396 g/mol. The first-order valence-corrected chi connectivity index (χ1v) is 9.15. The Labute approximate surface area is 131 Å². The van der Waals surface area contributed by atoms with Crippen LogP contribution in [0.3, 0.4) is 0 Å². The lowest BCUT2D eigenvalue weighted by atomic mass is 9.86. The van der Waals surface area contributed by atoms with E-state index in [1.165, 1.54) is 6.42 Å². The molecule has 0 atom stereocenters. The zero-order valence-corrected chi connectivity index (χ0v) is 14.7. The maximum Gasteiger partial charge on any atom is 0.129 e. The summed E-state index contributed by atoms with van der Waals surface area (Å²) in [5.41, 5.74) is 0.904. The highest BCUT2D eigenvalue weighted by atomic mass is 127. The van der Waals surface area contributed by atoms with Crippen molar-refractivity contribution in [3.63, 3.8) is 0 Å². The van der Waals surface area contributed by atoms with Crippen molar-refractivity contribution >= 4 is 46.1 Å². The van der Waals surface area contributed by atoms with Crippen molar-refractivity contribution in [1.82, 2.24) is 0 Å². The van der Waals surface area contributed by atoms with Crippen molar-refractivity contribution in [3.8, 4) is 0 Å². The molecule has 0 unspecified atom stereocenters. The second-order valence-electron chi connectivity index (χ2n) is 5.54. The summed E-state index contributed by atoms with van der Waals surface area (Å²) < 4.78 is 15.2. The van der Waals surface area contributed by atoms with Crippen molar-refractivity contribution in [2.24, 2.45) is 5.41 Å². The molecule has 1 aliphatic heterocycles. The predicted octanol–water partition coefficient (Wildman–Crippen LogP) is 5.50. The minimum atomic E-state index is -0.153. The smallest absolute Gasteiger partial charge is 0.129 e. The number of benzene rings is 1. The molecule has 0 radical (unpaired) electrons. The molecule has 1 saturated heterocycles. The van der Waals surface area contributed by atoms with E-state index >= 15 is 0 Å². The molecule has 100 valence electrons. The molecule has 2 rings (SSSR count). The van der Waals surface area contributed by atoms with Gasteiger partial charge in [0.05, 0.1) is 4.08 Å². The first-order chi connectivity index (χ1) is 8.37. The lowest BCUT2D eigenvalue weighted by molar-refractivity contribution is 0.363. The molecule has 1 aromatic rings. The molecule has 0 N–H and O–H groups in total. The SMILES string of the molecule is CC(C)(C)C1(c2ccc(I)cc2F)SCCCS1. The van der Waals surface area contributed by atoms with Crippen molar-refractivity contribution < 1.29 is 4.39 Å². The highest BCUT2D eigenvalue weighted by Gasteiger charge is 2.47. The summed E-state index contributed by atoms with van der Waals surface area (Å²) in [6, 6.07) is 5.65. The summed E-state index contributed by atoms with van der Waals surface area (Å²) in [5.74, 6) is 2.18. The van der Waals surface area contributed by atoms with Crippen LogP contribution in [0.5, 0.6) is 0 Å². The first kappa shape index (κ1) is 15.0. The maximum atomic E-state index is 14.4. The number of halogens is 2. The second kappa shape index (κ2) is 5.52. The van der Waals surface area contributed by atoms with Gasteiger partial charge in [0.15, 0.2) is 0 Å². The maximum absolute atomic E-state index is 14.4. The fourth-order valence-corrected chi connectivity index (χ4v) is 6.41. The molecule has 1 aliphatic rings. The number of hydrogen-bond donors (Lipinski definition) is 0. The van der Waals surface area contributed by atoms with Gasteiger partial charge in [0.2, 0.25) is 0 Å². The van der Waals surface area contributed by atoms with E-state index < -0.39 is 0 Å². The average Bonchev–Trinajstić information content (AvgIpc) is 2.28. The lowest BCUT2D eigenvalue weighted by Crippen LogP contribution is -2.37. The molecule has 1 fully saturated rings. The molecule has 18 heavy (non-hydrogen) atoms. The Bertz CT molecular complexity index is 434. The quantitative estimate of drug-likeness (QED) is 0.575. The zero-order valence-electron chi connectivity index (χ0n) is 10.9. The van der Waals surface area contributed by atoms with Crippen LogP contribution in [0.2, 0.25) is 0 Å². The molecule has 0 aromatic heterocycles. The van der Waals surface area contributed by atoms with E-state index in [9.17, 15) is 4.39 Å². The van der Waals surface area contributed by atoms with Crippen LogP contribution < -0.4 is 0 Å². The van der Waals surface area contributed by atoms with Gasteiger partial charge in [0.1, 0.15) is 5.82 Å². The van der Waals surface area contributed by atoms with Gasteiger partial charge < -0.3 is 0 Å². The van der Waals surface area contributed by atoms with Crippen molar-refractivity contribution in [3.05, 3.63) is 33.1 Å². The van der Waals surface area contributed by atoms with Gasteiger partial charge in [-0.3, -0.25) is 0 Å². The summed E-state index contributed by atoms with van der Waals surface area (Å²) in [7, 11) is 0. The van der Waals surface area contributed by atoms with Crippen LogP contribution in [0, 0.1) is 14.8 Å². The standard InChI is InChI=1S/C14H18FIS2/c1-13(2,3)14(17-7-4-8-18-14)11-6-5-10(16)9-12(11)15/h5-6,9H,4,7-8H2,1-3H3. The molecule has 1 heterocycles. The fourth-order valence-electron chi connectivity index (χ4n) is 2.28. The molecular formula is C14H18FIS2. The summed E-state index contributed by atoms with van der Waals surface area (Å²) in [6.45, 7) is 6.65. The molecule has 0 aliphatic carbocycles. The van der Waals surface area contributed by atoms with E-state index in [1.807, 2.05) is 35.7 Å². The van der Waals surface area contributed by atoms with E-state index in [0.717, 1.165) is 20.6 Å². The van der Waals surface area contributed by atoms with Crippen LogP contribution >= 0.6 is 46.1 Å². The molecule has 0 spiro atoms. The summed E-state index contributed by atoms with van der Waals surface area (Å²) in [4.78, 5) is 0. The zero-order chi connectivity index (χ0) is 13.4. The van der Waals surface area contributed by atoms with Gasteiger partial charge in [-0.2, -0.15) is 0 Å². The predicted molar refractivity (Wildman–Crippen MR) is 89.8 cm³/mol. The summed E-state index contributed by atoms with van der Waals surface area (Å²) in [5, 5.41) is 0. The number of hydrogen-bond acceptors (Lipinski definition) is 2. The third-order valence-corrected chi connectivity index (χ3v) is 8.01. The van der Waals surface area contributed by atoms with E-state index in [2.05, 4.69) is 43.4 Å². The van der Waals surface area contributed by atoms with Gasteiger partial charge in [-0.1, -0.05) is 26.8 Å². The minimum Gasteiger partial charge on any atom is -0.207 e. The van der Waals surface area contributed by atoms with Gasteiger partial charge >= 0.3 is 0 Å². The second-order valence-corrected chi connectivity index (χ2v) is 9.66. The van der Waals surface area contributed by atoms with Crippen LogP contribution in [0.25, 0.3) is 0 Å². The van der Waals surface area contributed by atoms with Crippen molar-refractivity contribution in [2.75, 3.05) is 11.5 Å². The molecule has 1 aromatic carbocycles. The Morgan fingerprint density at radius 2 is 1.83 bits per heavy atom. The fraction of sp³-hybridized carbons (Fsp3) is 0.571. The van der Waals surface area contributed by atoms with Gasteiger partial charge in [-0.25, -0.2) is 4.39 Å². The number of rotatable bonds is 1. The lowest BCUT2D eigenvalue weighted by Gasteiger charge is -2.46. The normalized spacial score (nSPS) is 19.8. The largest absolute Gasteiger partial charge is 0.207 e. The molecule has 0 nitrogen and oxygen atoms in total. The van der Waals surface area contributed by atoms with Gasteiger partial charge in [-0.15, -0.1) is 23.5 Å². The van der Waals surface area contributed by atoms with E-state index in [0.29, 0.717) is 0 Å². The summed E-state index contributed by atoms with van der Waals surface area (Å²) in [6.07, 6.45) is 1.22. The Hall–Kier alpha value is 0.580. The Balaban J connectivity index is 2.53. The van der Waals surface area contributed by atoms with E-state index in [1.54, 1.807) is 6.07 Å². The molecule has 0 bridgehead atoms. The molecular weight excluding hydrogens is 378 g/mol. The Kier molecular flexibility index (Phi) is 4.60. The van der Waals surface area contributed by atoms with Crippen molar-refractivity contribution in [2.45, 2.75) is 31.3 Å².